The van der Waals surface area contributed by atoms with Crippen LogP contribution in [0.3, 0.4) is 0 Å². The zero-order valence-corrected chi connectivity index (χ0v) is 15.5. The predicted molar refractivity (Wildman–Crippen MR) is 97.2 cm³/mol. The lowest BCUT2D eigenvalue weighted by Gasteiger charge is -2.27. The van der Waals surface area contributed by atoms with E-state index in [4.69, 9.17) is 14.2 Å². The number of ether oxygens (including phenoxy) is 3. The summed E-state index contributed by atoms with van der Waals surface area (Å²) in [5.41, 5.74) is 2.51. The van der Waals surface area contributed by atoms with Crippen LogP contribution in [0.4, 0.5) is 0 Å². The van der Waals surface area contributed by atoms with Crippen LogP contribution in [0.15, 0.2) is 18.2 Å². The van der Waals surface area contributed by atoms with E-state index in [1.54, 1.807) is 14.2 Å². The minimum Gasteiger partial charge on any atom is -0.496 e. The second kappa shape index (κ2) is 12.8. The van der Waals surface area contributed by atoms with Gasteiger partial charge in [-0.25, -0.2) is 0 Å². The maximum atomic E-state index is 5.49. The first kappa shape index (κ1) is 22.4. The molecule has 23 heavy (non-hydrogen) atoms. The Labute approximate surface area is 151 Å². The second-order valence-corrected chi connectivity index (χ2v) is 5.20. The Kier molecular flexibility index (Phi) is 12.5. The maximum Gasteiger partial charge on any atom is 0.123 e. The lowest BCUT2D eigenvalue weighted by atomic mass is 10.1. The van der Waals surface area contributed by atoms with Gasteiger partial charge in [-0.15, -0.1) is 24.8 Å². The number of hydrogen-bond donors (Lipinski definition) is 1. The summed E-state index contributed by atoms with van der Waals surface area (Å²) in [6.07, 6.45) is 0. The number of methoxy groups -OCH3 is 2. The molecular formula is C16H28Cl2N2O3. The molecule has 0 aliphatic carbocycles. The quantitative estimate of drug-likeness (QED) is 0.713. The van der Waals surface area contributed by atoms with Crippen LogP contribution < -0.4 is 10.1 Å². The van der Waals surface area contributed by atoms with Crippen LogP contribution in [0.2, 0.25) is 0 Å². The fourth-order valence-electron chi connectivity index (χ4n) is 2.47. The Morgan fingerprint density at radius 3 is 2.57 bits per heavy atom. The summed E-state index contributed by atoms with van der Waals surface area (Å²) in [7, 11) is 3.45. The molecule has 0 aromatic heterocycles. The Morgan fingerprint density at radius 2 is 1.91 bits per heavy atom. The number of nitrogens with zero attached hydrogens (tertiary/aromatic N) is 1. The fourth-order valence-corrected chi connectivity index (χ4v) is 2.47. The van der Waals surface area contributed by atoms with Gasteiger partial charge in [-0.3, -0.25) is 4.90 Å². The van der Waals surface area contributed by atoms with Crippen molar-refractivity contribution in [2.45, 2.75) is 13.1 Å². The lowest BCUT2D eigenvalue weighted by Crippen LogP contribution is -2.35. The fraction of sp³-hybridized carbons (Fsp3) is 0.625. The smallest absolute Gasteiger partial charge is 0.123 e. The van der Waals surface area contributed by atoms with E-state index in [1.807, 2.05) is 0 Å². The number of rotatable bonds is 8. The molecule has 1 aliphatic heterocycles. The predicted octanol–water partition coefficient (Wildman–Crippen LogP) is 2.11. The molecule has 0 radical (unpaired) electrons. The Bertz CT molecular complexity index is 430. The van der Waals surface area contributed by atoms with Crippen molar-refractivity contribution >= 4 is 24.8 Å². The summed E-state index contributed by atoms with van der Waals surface area (Å²) in [6, 6.07) is 6.40. The molecule has 1 aromatic rings. The van der Waals surface area contributed by atoms with E-state index in [9.17, 15) is 0 Å². The number of halogens is 2. The average molecular weight is 367 g/mol. The van der Waals surface area contributed by atoms with Gasteiger partial charge in [0.2, 0.25) is 0 Å². The van der Waals surface area contributed by atoms with Gasteiger partial charge in [-0.05, 0) is 17.7 Å². The van der Waals surface area contributed by atoms with Crippen molar-refractivity contribution in [3.63, 3.8) is 0 Å². The number of nitrogens with one attached hydrogen (secondary N) is 1. The van der Waals surface area contributed by atoms with Crippen LogP contribution in [0.1, 0.15) is 11.1 Å². The lowest BCUT2D eigenvalue weighted by molar-refractivity contribution is 0.0339. The molecule has 134 valence electrons. The van der Waals surface area contributed by atoms with Crippen molar-refractivity contribution < 1.29 is 14.2 Å². The van der Waals surface area contributed by atoms with Gasteiger partial charge in [0, 0.05) is 45.4 Å². The van der Waals surface area contributed by atoms with Crippen molar-refractivity contribution in [3.8, 4) is 5.75 Å². The molecule has 0 spiro atoms. The molecule has 0 atom stereocenters. The maximum absolute atomic E-state index is 5.49. The molecule has 0 saturated carbocycles. The molecule has 1 aliphatic rings. The Morgan fingerprint density at radius 1 is 1.17 bits per heavy atom. The first-order valence-corrected chi connectivity index (χ1v) is 7.49. The minimum absolute atomic E-state index is 0. The van der Waals surface area contributed by atoms with Crippen LogP contribution in [-0.2, 0) is 22.6 Å². The summed E-state index contributed by atoms with van der Waals surface area (Å²) in [5, 5.41) is 3.37. The van der Waals surface area contributed by atoms with Crippen molar-refractivity contribution in [1.29, 1.82) is 0 Å². The normalized spacial score (nSPS) is 14.7. The van der Waals surface area contributed by atoms with Crippen molar-refractivity contribution in [2.24, 2.45) is 0 Å². The largest absolute Gasteiger partial charge is 0.496 e. The molecule has 1 saturated heterocycles. The van der Waals surface area contributed by atoms with Gasteiger partial charge in [-0.2, -0.15) is 0 Å². The Balaban J connectivity index is 0.00000242. The monoisotopic (exact) mass is 366 g/mol. The van der Waals surface area contributed by atoms with E-state index in [2.05, 4.69) is 28.4 Å². The topological polar surface area (TPSA) is 43.0 Å². The third kappa shape index (κ3) is 7.70. The highest BCUT2D eigenvalue weighted by Gasteiger charge is 2.13. The van der Waals surface area contributed by atoms with Gasteiger partial charge < -0.3 is 19.5 Å². The number of morpholine rings is 1. The van der Waals surface area contributed by atoms with E-state index in [-0.39, 0.29) is 24.8 Å². The van der Waals surface area contributed by atoms with Crippen LogP contribution >= 0.6 is 24.8 Å². The minimum atomic E-state index is 0. The van der Waals surface area contributed by atoms with Crippen molar-refractivity contribution in [3.05, 3.63) is 29.3 Å². The van der Waals surface area contributed by atoms with Gasteiger partial charge in [0.25, 0.3) is 0 Å². The van der Waals surface area contributed by atoms with E-state index in [0.717, 1.165) is 58.3 Å². The number of benzene rings is 1. The zero-order valence-electron chi connectivity index (χ0n) is 13.9. The summed E-state index contributed by atoms with van der Waals surface area (Å²) < 4.78 is 15.9. The van der Waals surface area contributed by atoms with E-state index in [0.29, 0.717) is 0 Å². The molecule has 0 amide bonds. The van der Waals surface area contributed by atoms with E-state index in [1.165, 1.54) is 11.1 Å². The summed E-state index contributed by atoms with van der Waals surface area (Å²) >= 11 is 0. The SMILES string of the molecule is COCCNCc1ccc(OC)c(CN2CCOCC2)c1.Cl.Cl. The highest BCUT2D eigenvalue weighted by Crippen LogP contribution is 2.22. The van der Waals surface area contributed by atoms with E-state index >= 15 is 0 Å². The summed E-state index contributed by atoms with van der Waals surface area (Å²) in [5.74, 6) is 0.960. The van der Waals surface area contributed by atoms with Gasteiger partial charge in [0.05, 0.1) is 26.9 Å². The summed E-state index contributed by atoms with van der Waals surface area (Å²) in [6.45, 7) is 6.97. The molecular weight excluding hydrogens is 339 g/mol. The average Bonchev–Trinajstić information content (AvgIpc) is 2.53. The van der Waals surface area contributed by atoms with Crippen LogP contribution in [0.25, 0.3) is 0 Å². The highest BCUT2D eigenvalue weighted by molar-refractivity contribution is 5.85. The molecule has 1 aromatic carbocycles. The molecule has 1 fully saturated rings. The molecule has 2 rings (SSSR count). The highest BCUT2D eigenvalue weighted by atomic mass is 35.5. The third-order valence-electron chi connectivity index (χ3n) is 3.65. The molecule has 7 heteroatoms. The first-order chi connectivity index (χ1) is 10.3. The van der Waals surface area contributed by atoms with Crippen molar-refractivity contribution in [2.75, 3.05) is 53.7 Å². The second-order valence-electron chi connectivity index (χ2n) is 5.20. The van der Waals surface area contributed by atoms with Crippen molar-refractivity contribution in [1.82, 2.24) is 10.2 Å². The zero-order chi connectivity index (χ0) is 14.9. The third-order valence-corrected chi connectivity index (χ3v) is 3.65. The molecule has 1 heterocycles. The Hall–Kier alpha value is -0.560. The standard InChI is InChI=1S/C16H26N2O3.2ClH/c1-19-8-5-17-12-14-3-4-16(20-2)15(11-14)13-18-6-9-21-10-7-18;;/h3-4,11,17H,5-10,12-13H2,1-2H3;2*1H. The molecule has 0 bridgehead atoms. The van der Waals surface area contributed by atoms with Crippen LogP contribution in [0, 0.1) is 0 Å². The van der Waals surface area contributed by atoms with E-state index < -0.39 is 0 Å². The summed E-state index contributed by atoms with van der Waals surface area (Å²) in [4.78, 5) is 2.41. The van der Waals surface area contributed by atoms with Gasteiger partial charge in [-0.1, -0.05) is 6.07 Å². The van der Waals surface area contributed by atoms with Gasteiger partial charge >= 0.3 is 0 Å². The molecule has 5 nitrogen and oxygen atoms in total. The number of hydrogen-bond acceptors (Lipinski definition) is 5. The molecule has 1 N–H and O–H groups in total. The molecule has 0 unspecified atom stereocenters. The van der Waals surface area contributed by atoms with Gasteiger partial charge in [0.15, 0.2) is 0 Å². The van der Waals surface area contributed by atoms with Gasteiger partial charge in [0.1, 0.15) is 5.75 Å². The van der Waals surface area contributed by atoms with Crippen LogP contribution in [-0.4, -0.2) is 58.6 Å². The van der Waals surface area contributed by atoms with Crippen LogP contribution in [0.5, 0.6) is 5.75 Å². The first-order valence-electron chi connectivity index (χ1n) is 7.49.